The molecule has 2 aliphatic rings. The van der Waals surface area contributed by atoms with Gasteiger partial charge in [-0.15, -0.1) is 0 Å². The van der Waals surface area contributed by atoms with Gasteiger partial charge in [-0.1, -0.05) is 37.5 Å². The summed E-state index contributed by atoms with van der Waals surface area (Å²) in [5, 5.41) is 25.1. The molecule has 1 aromatic carbocycles. The molecule has 2 fully saturated rings. The van der Waals surface area contributed by atoms with E-state index in [2.05, 4.69) is 15.6 Å². The summed E-state index contributed by atoms with van der Waals surface area (Å²) in [5.41, 5.74) is 1.73. The van der Waals surface area contributed by atoms with E-state index in [1.807, 2.05) is 48.3 Å². The van der Waals surface area contributed by atoms with E-state index in [-0.39, 0.29) is 24.1 Å². The Morgan fingerprint density at radius 3 is 2.39 bits per heavy atom. The van der Waals surface area contributed by atoms with Gasteiger partial charge in [0.05, 0.1) is 17.7 Å². The number of anilines is 1. The van der Waals surface area contributed by atoms with Gasteiger partial charge in [-0.25, -0.2) is 0 Å². The number of rotatable bonds is 7. The van der Waals surface area contributed by atoms with Crippen molar-refractivity contribution in [3.63, 3.8) is 0 Å². The molecule has 3 unspecified atom stereocenters. The minimum Gasteiger partial charge on any atom is -0.392 e. The first-order chi connectivity index (χ1) is 17.2. The lowest BCUT2D eigenvalue weighted by Crippen LogP contribution is -2.44. The molecule has 8 heteroatoms. The Kier molecular flexibility index (Phi) is 9.98. The molecule has 8 nitrogen and oxygen atoms in total. The minimum atomic E-state index is -0.891. The van der Waals surface area contributed by atoms with Gasteiger partial charge in [-0.2, -0.15) is 0 Å². The van der Waals surface area contributed by atoms with Crippen molar-refractivity contribution in [3.05, 3.63) is 59.9 Å². The molecule has 1 aromatic heterocycles. The van der Waals surface area contributed by atoms with Crippen LogP contribution in [0.1, 0.15) is 69.5 Å². The van der Waals surface area contributed by atoms with Crippen LogP contribution in [0.2, 0.25) is 0 Å². The highest BCUT2D eigenvalue weighted by Crippen LogP contribution is 2.29. The van der Waals surface area contributed by atoms with E-state index in [1.54, 1.807) is 26.2 Å². The van der Waals surface area contributed by atoms with Gasteiger partial charge in [0.1, 0.15) is 12.3 Å². The molecule has 1 aliphatic heterocycles. The summed E-state index contributed by atoms with van der Waals surface area (Å²) in [5.74, 6) is 0.00830. The first-order valence-electron chi connectivity index (χ1n) is 12.8. The Morgan fingerprint density at radius 2 is 1.89 bits per heavy atom. The third-order valence-corrected chi connectivity index (χ3v) is 6.87. The largest absolute Gasteiger partial charge is 0.392 e. The molecule has 1 saturated heterocycles. The number of benzene rings is 1. The molecule has 3 atom stereocenters. The number of aromatic nitrogens is 1. The molecule has 36 heavy (non-hydrogen) atoms. The smallest absolute Gasteiger partial charge is 0.247 e. The number of aliphatic hydroxyl groups is 2. The second-order valence-corrected chi connectivity index (χ2v) is 10.3. The second kappa shape index (κ2) is 12.9. The second-order valence-electron chi connectivity index (χ2n) is 10.3. The maximum Gasteiger partial charge on any atom is 0.247 e. The topological polar surface area (TPSA) is 115 Å². The number of likely N-dealkylation sites (N-methyl/N-ethyl adjacent to an activating group) is 1. The van der Waals surface area contributed by atoms with Crippen molar-refractivity contribution < 1.29 is 19.8 Å². The molecule has 1 aliphatic carbocycles. The highest BCUT2D eigenvalue weighted by atomic mass is 16.3. The number of hydrogen-bond acceptors (Lipinski definition) is 7. The quantitative estimate of drug-likeness (QED) is 0.436. The van der Waals surface area contributed by atoms with Crippen LogP contribution in [0.5, 0.6) is 0 Å². The molecular formula is C28H40N4O4. The number of carbonyl (C=O) groups is 2. The first-order valence-corrected chi connectivity index (χ1v) is 12.8. The van der Waals surface area contributed by atoms with Crippen molar-refractivity contribution in [3.8, 4) is 0 Å². The summed E-state index contributed by atoms with van der Waals surface area (Å²) in [6.45, 7) is 4.09. The fourth-order valence-corrected chi connectivity index (χ4v) is 4.72. The zero-order chi connectivity index (χ0) is 26.1. The zero-order valence-corrected chi connectivity index (χ0v) is 21.6. The lowest BCUT2D eigenvalue weighted by atomic mass is 9.94. The number of nitrogens with one attached hydrogen (secondary N) is 2. The van der Waals surface area contributed by atoms with Gasteiger partial charge in [0.25, 0.3) is 0 Å². The predicted octanol–water partition coefficient (Wildman–Crippen LogP) is 2.84. The number of β-amino-alcohol motifs (C(OH)–C–C–N with tert-alkyl or cyclic N) is 1. The van der Waals surface area contributed by atoms with Crippen LogP contribution in [0.3, 0.4) is 0 Å². The number of aliphatic hydroxyl groups excluding tert-OH is 1. The van der Waals surface area contributed by atoms with Gasteiger partial charge in [0.15, 0.2) is 0 Å². The van der Waals surface area contributed by atoms with Crippen molar-refractivity contribution in [2.75, 3.05) is 18.5 Å². The maximum atomic E-state index is 13.2. The summed E-state index contributed by atoms with van der Waals surface area (Å²) < 4.78 is 0. The van der Waals surface area contributed by atoms with Gasteiger partial charge in [0.2, 0.25) is 5.91 Å². The van der Waals surface area contributed by atoms with E-state index in [1.165, 1.54) is 19.3 Å². The summed E-state index contributed by atoms with van der Waals surface area (Å²) >= 11 is 0. The van der Waals surface area contributed by atoms with Crippen LogP contribution >= 0.6 is 0 Å². The Labute approximate surface area is 214 Å². The fraction of sp³-hybridized carbons (Fsp3) is 0.536. The number of amides is 1. The van der Waals surface area contributed by atoms with Crippen LogP contribution in [0.4, 0.5) is 5.69 Å². The van der Waals surface area contributed by atoms with Crippen LogP contribution in [0, 0.1) is 0 Å². The lowest BCUT2D eigenvalue weighted by Gasteiger charge is -2.32. The monoisotopic (exact) mass is 496 g/mol. The van der Waals surface area contributed by atoms with Crippen LogP contribution in [0.25, 0.3) is 0 Å². The fourth-order valence-electron chi connectivity index (χ4n) is 4.72. The Morgan fingerprint density at radius 1 is 1.19 bits per heavy atom. The van der Waals surface area contributed by atoms with Gasteiger partial charge < -0.3 is 30.5 Å². The van der Waals surface area contributed by atoms with Crippen molar-refractivity contribution in [1.29, 1.82) is 0 Å². The molecule has 196 valence electrons. The summed E-state index contributed by atoms with van der Waals surface area (Å²) in [4.78, 5) is 29.4. The standard InChI is InChI=1S/C23H31N3O2.C5H9NO2/c1-23(2,28)18-11-13-20(14-12-18)26(3)21(17-8-7-15-24-16-17)22(27)25-19-9-5-4-6-10-19;7-3-4-1-5(8)2-6-4/h7-8,11-16,19,21,28H,4-6,9-10H2,1-3H3,(H,25,27);3-6,8H,1-2H2. The van der Waals surface area contributed by atoms with E-state index in [0.29, 0.717) is 13.0 Å². The van der Waals surface area contributed by atoms with Gasteiger partial charge >= 0.3 is 0 Å². The summed E-state index contributed by atoms with van der Waals surface area (Å²) in [6, 6.07) is 11.2. The van der Waals surface area contributed by atoms with Crippen LogP contribution in [-0.4, -0.2) is 59.2 Å². The molecule has 2 aromatic rings. The Hall–Kier alpha value is -2.81. The molecule has 2 heterocycles. The van der Waals surface area contributed by atoms with Crippen LogP contribution in [0.15, 0.2) is 48.8 Å². The summed E-state index contributed by atoms with van der Waals surface area (Å²) in [6.07, 6.45) is 10.3. The molecular weight excluding hydrogens is 456 g/mol. The van der Waals surface area contributed by atoms with Crippen LogP contribution < -0.4 is 15.5 Å². The van der Waals surface area contributed by atoms with Crippen molar-refractivity contribution >= 4 is 17.9 Å². The third kappa shape index (κ3) is 7.85. The van der Waals surface area contributed by atoms with E-state index in [0.717, 1.165) is 35.9 Å². The summed E-state index contributed by atoms with van der Waals surface area (Å²) in [7, 11) is 1.93. The van der Waals surface area contributed by atoms with E-state index in [4.69, 9.17) is 5.11 Å². The van der Waals surface area contributed by atoms with Crippen molar-refractivity contribution in [1.82, 2.24) is 15.6 Å². The Bertz CT molecular complexity index is 956. The molecule has 1 saturated carbocycles. The third-order valence-electron chi connectivity index (χ3n) is 6.87. The lowest BCUT2D eigenvalue weighted by molar-refractivity contribution is -0.123. The highest BCUT2D eigenvalue weighted by molar-refractivity contribution is 5.86. The normalized spacial score (nSPS) is 21.1. The number of hydrogen-bond donors (Lipinski definition) is 4. The SMILES string of the molecule is CN(c1ccc(C(C)(C)O)cc1)C(C(=O)NC1CCCCC1)c1cccnc1.O=CC1CC(O)CN1. The van der Waals surface area contributed by atoms with Gasteiger partial charge in [-0.3, -0.25) is 9.78 Å². The number of nitrogens with zero attached hydrogens (tertiary/aromatic N) is 2. The maximum absolute atomic E-state index is 13.2. The Balaban J connectivity index is 0.000000383. The molecule has 4 N–H and O–H groups in total. The average Bonchev–Trinajstić information content (AvgIpc) is 3.31. The van der Waals surface area contributed by atoms with E-state index >= 15 is 0 Å². The predicted molar refractivity (Wildman–Crippen MR) is 141 cm³/mol. The minimum absolute atomic E-state index is 0.00830. The van der Waals surface area contributed by atoms with Crippen molar-refractivity contribution in [2.24, 2.45) is 0 Å². The molecule has 1 amide bonds. The number of aldehydes is 1. The molecule has 0 radical (unpaired) electrons. The molecule has 0 spiro atoms. The van der Waals surface area contributed by atoms with Gasteiger partial charge in [0, 0.05) is 43.3 Å². The first kappa shape index (κ1) is 27.8. The zero-order valence-electron chi connectivity index (χ0n) is 21.6. The average molecular weight is 497 g/mol. The number of pyridine rings is 1. The highest BCUT2D eigenvalue weighted by Gasteiger charge is 2.28. The molecule has 0 bridgehead atoms. The molecule has 4 rings (SSSR count). The van der Waals surface area contributed by atoms with E-state index in [9.17, 15) is 14.7 Å². The number of carbonyl (C=O) groups excluding carboxylic acids is 2. The van der Waals surface area contributed by atoms with Gasteiger partial charge in [-0.05, 0) is 56.9 Å². The van der Waals surface area contributed by atoms with Crippen LogP contribution in [-0.2, 0) is 15.2 Å². The van der Waals surface area contributed by atoms with E-state index < -0.39 is 11.6 Å². The van der Waals surface area contributed by atoms with Crippen molar-refractivity contribution in [2.45, 2.75) is 82.2 Å².